The van der Waals surface area contributed by atoms with Gasteiger partial charge in [0.2, 0.25) is 5.91 Å². The number of nitrogens with one attached hydrogen (secondary N) is 1. The average molecular weight is 547 g/mol. The summed E-state index contributed by atoms with van der Waals surface area (Å²) in [6.45, 7) is 5.50. The van der Waals surface area contributed by atoms with Gasteiger partial charge in [-0.2, -0.15) is 0 Å². The fourth-order valence-electron chi connectivity index (χ4n) is 3.50. The molecule has 36 heavy (non-hydrogen) atoms. The number of piperazine rings is 1. The van der Waals surface area contributed by atoms with E-state index >= 15 is 0 Å². The van der Waals surface area contributed by atoms with Crippen LogP contribution in [0.2, 0.25) is 10.0 Å². The molecule has 0 radical (unpaired) electrons. The number of thiazole rings is 1. The van der Waals surface area contributed by atoms with Crippen molar-refractivity contribution in [1.29, 1.82) is 0 Å². The number of amides is 3. The molecular weight excluding hydrogens is 523 g/mol. The molecule has 0 unspecified atom stereocenters. The van der Waals surface area contributed by atoms with Gasteiger partial charge in [0.1, 0.15) is 12.3 Å². The van der Waals surface area contributed by atoms with E-state index in [2.05, 4.69) is 10.3 Å². The van der Waals surface area contributed by atoms with Crippen molar-refractivity contribution in [3.8, 4) is 17.0 Å². The molecule has 3 amide bonds. The van der Waals surface area contributed by atoms with Crippen LogP contribution in [0.5, 0.6) is 5.75 Å². The Bertz CT molecular complexity index is 1310. The van der Waals surface area contributed by atoms with Crippen molar-refractivity contribution in [2.75, 3.05) is 29.9 Å². The number of halogens is 2. The highest BCUT2D eigenvalue weighted by Gasteiger charge is 2.30. The summed E-state index contributed by atoms with van der Waals surface area (Å²) >= 11 is 13.5. The highest BCUT2D eigenvalue weighted by molar-refractivity contribution is 7.14. The molecule has 1 aromatic heterocycles. The number of hydrogen-bond donors (Lipinski definition) is 1. The van der Waals surface area contributed by atoms with Crippen LogP contribution in [0.1, 0.15) is 20.8 Å². The summed E-state index contributed by atoms with van der Waals surface area (Å²) in [6.07, 6.45) is 0. The van der Waals surface area contributed by atoms with E-state index in [4.69, 9.17) is 27.9 Å². The molecule has 8 nitrogen and oxygen atoms in total. The van der Waals surface area contributed by atoms with E-state index < -0.39 is 11.6 Å². The largest absolute Gasteiger partial charge is 0.480 e. The number of urea groups is 1. The molecule has 0 saturated carbocycles. The monoisotopic (exact) mass is 546 g/mol. The van der Waals surface area contributed by atoms with Crippen LogP contribution >= 0.6 is 34.5 Å². The summed E-state index contributed by atoms with van der Waals surface area (Å²) in [5.41, 5.74) is 1.18. The van der Waals surface area contributed by atoms with Gasteiger partial charge in [0.25, 0.3) is 0 Å². The fourth-order valence-corrected chi connectivity index (χ4v) is 4.72. The lowest BCUT2D eigenvalue weighted by atomic mass is 10.1. The van der Waals surface area contributed by atoms with Crippen molar-refractivity contribution < 1.29 is 19.1 Å². The molecule has 2 aromatic carbocycles. The Balaban J connectivity index is 1.36. The van der Waals surface area contributed by atoms with Crippen molar-refractivity contribution in [2.24, 2.45) is 0 Å². The van der Waals surface area contributed by atoms with Crippen molar-refractivity contribution in [1.82, 2.24) is 9.88 Å². The minimum atomic E-state index is -0.909. The van der Waals surface area contributed by atoms with Gasteiger partial charge in [0.05, 0.1) is 16.4 Å². The Morgan fingerprint density at radius 2 is 1.83 bits per heavy atom. The van der Waals surface area contributed by atoms with Gasteiger partial charge in [-0.3, -0.25) is 14.9 Å². The van der Waals surface area contributed by atoms with Gasteiger partial charge in [0.15, 0.2) is 16.5 Å². The summed E-state index contributed by atoms with van der Waals surface area (Å²) < 4.78 is 5.76. The van der Waals surface area contributed by atoms with Crippen molar-refractivity contribution in [3.05, 3.63) is 57.9 Å². The van der Waals surface area contributed by atoms with Crippen LogP contribution in [0.3, 0.4) is 0 Å². The summed E-state index contributed by atoms with van der Waals surface area (Å²) in [5, 5.41) is 5.88. The third-order valence-corrected chi connectivity index (χ3v) is 7.09. The number of benzene rings is 2. The zero-order valence-electron chi connectivity index (χ0n) is 19.9. The van der Waals surface area contributed by atoms with Crippen molar-refractivity contribution in [3.63, 3.8) is 0 Å². The van der Waals surface area contributed by atoms with E-state index in [1.807, 2.05) is 17.5 Å². The van der Waals surface area contributed by atoms with Crippen LogP contribution < -0.4 is 15.0 Å². The van der Waals surface area contributed by atoms with E-state index in [0.717, 1.165) is 5.56 Å². The highest BCUT2D eigenvalue weighted by Crippen LogP contribution is 2.31. The first-order valence-corrected chi connectivity index (χ1v) is 12.7. The Morgan fingerprint density at radius 1 is 1.11 bits per heavy atom. The number of carbonyl (C=O) groups is 3. The first-order chi connectivity index (χ1) is 17.0. The van der Waals surface area contributed by atoms with Gasteiger partial charge in [-0.25, -0.2) is 9.78 Å². The molecule has 0 aliphatic carbocycles. The molecule has 1 saturated heterocycles. The average Bonchev–Trinajstić information content (AvgIpc) is 3.28. The number of carbonyl (C=O) groups excluding carboxylic acids is 3. The van der Waals surface area contributed by atoms with Crippen molar-refractivity contribution >= 4 is 63.1 Å². The Labute approximate surface area is 222 Å². The fraction of sp³-hybridized carbons (Fsp3) is 0.280. The molecule has 1 aliphatic rings. The molecule has 4 rings (SSSR count). The zero-order chi connectivity index (χ0) is 26.0. The maximum Gasteiger partial charge on any atom is 0.324 e. The highest BCUT2D eigenvalue weighted by atomic mass is 35.5. The summed E-state index contributed by atoms with van der Waals surface area (Å²) in [7, 11) is 0. The predicted molar refractivity (Wildman–Crippen MR) is 142 cm³/mol. The minimum absolute atomic E-state index is 0.0663. The molecule has 2 heterocycles. The molecule has 0 bridgehead atoms. The topological polar surface area (TPSA) is 91.8 Å². The number of rotatable bonds is 6. The molecular formula is C25H24Cl2N4O4S. The SMILES string of the molecule is CC(=O)C(C)(C)Oc1ccc(-c2csc(NC(=O)N3CCN(c4ccc(Cl)cc4Cl)C(=O)C3)n2)cc1. The maximum absolute atomic E-state index is 12.8. The van der Waals surface area contributed by atoms with E-state index in [-0.39, 0.29) is 18.2 Å². The molecule has 188 valence electrons. The molecule has 0 atom stereocenters. The molecule has 1 N–H and O–H groups in total. The van der Waals surface area contributed by atoms with E-state index in [9.17, 15) is 14.4 Å². The molecule has 3 aromatic rings. The number of aromatic nitrogens is 1. The molecule has 11 heteroatoms. The van der Waals surface area contributed by atoms with Crippen molar-refractivity contribution in [2.45, 2.75) is 26.4 Å². The molecule has 1 fully saturated rings. The standard InChI is InChI=1S/C25H24Cl2N4O4S/c1-15(32)25(2,3)35-18-7-4-16(5-8-18)20-14-36-23(28-20)29-24(34)30-10-11-31(22(33)13-30)21-9-6-17(26)12-19(21)27/h4-9,12,14H,10-11,13H2,1-3H3,(H,28,29,34). The van der Waals surface area contributed by atoms with Gasteiger partial charge in [-0.05, 0) is 63.2 Å². The summed E-state index contributed by atoms with van der Waals surface area (Å²) in [5.74, 6) is 0.269. The lowest BCUT2D eigenvalue weighted by Gasteiger charge is -2.34. The zero-order valence-corrected chi connectivity index (χ0v) is 22.2. The van der Waals surface area contributed by atoms with Crippen LogP contribution in [0.15, 0.2) is 47.8 Å². The summed E-state index contributed by atoms with van der Waals surface area (Å²) in [4.78, 5) is 44.6. The number of Topliss-reactive ketones (excluding diaryl/α,β-unsaturated/α-hetero) is 1. The van der Waals surface area contributed by atoms with Crippen LogP contribution in [0.25, 0.3) is 11.3 Å². The summed E-state index contributed by atoms with van der Waals surface area (Å²) in [6, 6.07) is 11.8. The minimum Gasteiger partial charge on any atom is -0.480 e. The second-order valence-corrected chi connectivity index (χ2v) is 10.4. The second kappa shape index (κ2) is 10.5. The normalized spacial score (nSPS) is 14.1. The first kappa shape index (κ1) is 25.9. The number of ketones is 1. The Morgan fingerprint density at radius 3 is 2.47 bits per heavy atom. The van der Waals surface area contributed by atoms with Crippen LogP contribution in [-0.4, -0.2) is 52.8 Å². The second-order valence-electron chi connectivity index (χ2n) is 8.72. The van der Waals surface area contributed by atoms with Crippen LogP contribution in [0.4, 0.5) is 15.6 Å². The maximum atomic E-state index is 12.8. The van der Waals surface area contributed by atoms with E-state index in [1.165, 1.54) is 23.2 Å². The number of hydrogen-bond acceptors (Lipinski definition) is 6. The molecule has 1 aliphatic heterocycles. The molecule has 0 spiro atoms. The lowest BCUT2D eigenvalue weighted by Crippen LogP contribution is -2.53. The number of nitrogens with zero attached hydrogens (tertiary/aromatic N) is 3. The third-order valence-electron chi connectivity index (χ3n) is 5.80. The third kappa shape index (κ3) is 5.80. The predicted octanol–water partition coefficient (Wildman–Crippen LogP) is 5.74. The van der Waals surface area contributed by atoms with Gasteiger partial charge < -0.3 is 14.5 Å². The van der Waals surface area contributed by atoms with Gasteiger partial charge in [0, 0.05) is 29.1 Å². The quantitative estimate of drug-likeness (QED) is 0.425. The first-order valence-electron chi connectivity index (χ1n) is 11.1. The van der Waals surface area contributed by atoms with Gasteiger partial charge in [-0.15, -0.1) is 11.3 Å². The Hall–Kier alpha value is -3.14. The van der Waals surface area contributed by atoms with Crippen LogP contribution in [-0.2, 0) is 9.59 Å². The number of ether oxygens (including phenoxy) is 1. The lowest BCUT2D eigenvalue weighted by molar-refractivity contribution is -0.129. The van der Waals surface area contributed by atoms with E-state index in [0.29, 0.717) is 45.4 Å². The van der Waals surface area contributed by atoms with E-state index in [1.54, 1.807) is 49.1 Å². The van der Waals surface area contributed by atoms with Gasteiger partial charge in [-0.1, -0.05) is 23.2 Å². The van der Waals surface area contributed by atoms with Crippen LogP contribution in [0, 0.1) is 0 Å². The smallest absolute Gasteiger partial charge is 0.324 e. The van der Waals surface area contributed by atoms with Gasteiger partial charge >= 0.3 is 6.03 Å². The Kier molecular flexibility index (Phi) is 7.54. The number of anilines is 2.